The zero-order valence-electron chi connectivity index (χ0n) is 10.2. The van der Waals surface area contributed by atoms with Crippen molar-refractivity contribution in [3.05, 3.63) is 5.82 Å². The van der Waals surface area contributed by atoms with Crippen LogP contribution in [0.5, 0.6) is 0 Å². The second-order valence-corrected chi connectivity index (χ2v) is 5.17. The Kier molecular flexibility index (Phi) is 3.53. The molecule has 0 amide bonds. The van der Waals surface area contributed by atoms with Gasteiger partial charge in [0.1, 0.15) is 0 Å². The van der Waals surface area contributed by atoms with E-state index in [1.807, 2.05) is 0 Å². The first-order valence-corrected chi connectivity index (χ1v) is 6.12. The SMILES string of the molecule is Cn1nnc(CNCC2(C)CCCCC2)n1. The number of tetrazole rings is 1. The first kappa shape index (κ1) is 11.5. The number of hydrogen-bond acceptors (Lipinski definition) is 4. The summed E-state index contributed by atoms with van der Waals surface area (Å²) in [5.74, 6) is 0.780. The van der Waals surface area contributed by atoms with E-state index in [0.29, 0.717) is 5.41 Å². The van der Waals surface area contributed by atoms with Crippen LogP contribution in [0.25, 0.3) is 0 Å². The Morgan fingerprint density at radius 2 is 2.06 bits per heavy atom. The topological polar surface area (TPSA) is 55.6 Å². The van der Waals surface area contributed by atoms with Gasteiger partial charge in [0.15, 0.2) is 5.82 Å². The zero-order chi connectivity index (χ0) is 11.4. The molecule has 0 spiro atoms. The van der Waals surface area contributed by atoms with Gasteiger partial charge in [-0.15, -0.1) is 10.2 Å². The molecule has 1 saturated carbocycles. The minimum Gasteiger partial charge on any atom is -0.309 e. The van der Waals surface area contributed by atoms with Gasteiger partial charge >= 0.3 is 0 Å². The lowest BCUT2D eigenvalue weighted by Gasteiger charge is -2.33. The van der Waals surface area contributed by atoms with Crippen molar-refractivity contribution in [1.82, 2.24) is 25.5 Å². The van der Waals surface area contributed by atoms with Crippen LogP contribution in [0.15, 0.2) is 0 Å². The predicted octanol–water partition coefficient (Wildman–Crippen LogP) is 1.27. The molecule has 1 aromatic heterocycles. The first-order valence-electron chi connectivity index (χ1n) is 6.12. The van der Waals surface area contributed by atoms with Gasteiger partial charge < -0.3 is 5.32 Å². The lowest BCUT2D eigenvalue weighted by molar-refractivity contribution is 0.207. The molecule has 5 nitrogen and oxygen atoms in total. The van der Waals surface area contributed by atoms with Crippen molar-refractivity contribution in [2.45, 2.75) is 45.6 Å². The fraction of sp³-hybridized carbons (Fsp3) is 0.909. The van der Waals surface area contributed by atoms with Gasteiger partial charge in [-0.2, -0.15) is 4.80 Å². The largest absolute Gasteiger partial charge is 0.309 e. The average Bonchev–Trinajstić information content (AvgIpc) is 2.65. The summed E-state index contributed by atoms with van der Waals surface area (Å²) in [6, 6.07) is 0. The summed E-state index contributed by atoms with van der Waals surface area (Å²) in [4.78, 5) is 1.50. The zero-order valence-corrected chi connectivity index (χ0v) is 10.2. The summed E-state index contributed by atoms with van der Waals surface area (Å²) >= 11 is 0. The molecule has 0 aliphatic heterocycles. The second-order valence-electron chi connectivity index (χ2n) is 5.17. The van der Waals surface area contributed by atoms with Crippen LogP contribution in [0.4, 0.5) is 0 Å². The Morgan fingerprint density at radius 1 is 1.31 bits per heavy atom. The first-order chi connectivity index (χ1) is 7.68. The maximum atomic E-state index is 4.15. The van der Waals surface area contributed by atoms with E-state index in [2.05, 4.69) is 27.7 Å². The van der Waals surface area contributed by atoms with E-state index in [9.17, 15) is 0 Å². The molecule has 2 rings (SSSR count). The fourth-order valence-electron chi connectivity index (χ4n) is 2.45. The third-order valence-corrected chi connectivity index (χ3v) is 3.45. The number of nitrogens with zero attached hydrogens (tertiary/aromatic N) is 4. The van der Waals surface area contributed by atoms with E-state index in [0.717, 1.165) is 18.9 Å². The molecule has 0 saturated heterocycles. The molecule has 1 heterocycles. The van der Waals surface area contributed by atoms with Crippen LogP contribution in [0.3, 0.4) is 0 Å². The number of aromatic nitrogens is 4. The van der Waals surface area contributed by atoms with E-state index >= 15 is 0 Å². The highest BCUT2D eigenvalue weighted by Gasteiger charge is 2.26. The molecular weight excluding hydrogens is 202 g/mol. The monoisotopic (exact) mass is 223 g/mol. The van der Waals surface area contributed by atoms with Gasteiger partial charge in [0, 0.05) is 6.54 Å². The van der Waals surface area contributed by atoms with Crippen molar-refractivity contribution in [3.8, 4) is 0 Å². The van der Waals surface area contributed by atoms with Crippen molar-refractivity contribution in [3.63, 3.8) is 0 Å². The second kappa shape index (κ2) is 4.91. The minimum absolute atomic E-state index is 0.473. The minimum atomic E-state index is 0.473. The van der Waals surface area contributed by atoms with Crippen molar-refractivity contribution in [2.75, 3.05) is 6.54 Å². The van der Waals surface area contributed by atoms with Crippen LogP contribution >= 0.6 is 0 Å². The van der Waals surface area contributed by atoms with Gasteiger partial charge in [-0.25, -0.2) is 0 Å². The summed E-state index contributed by atoms with van der Waals surface area (Å²) in [5, 5.41) is 15.4. The Bertz CT molecular complexity index is 327. The third kappa shape index (κ3) is 3.01. The molecule has 0 atom stereocenters. The molecule has 1 N–H and O–H groups in total. The summed E-state index contributed by atoms with van der Waals surface area (Å²) < 4.78 is 0. The average molecular weight is 223 g/mol. The van der Waals surface area contributed by atoms with Gasteiger partial charge in [-0.3, -0.25) is 0 Å². The van der Waals surface area contributed by atoms with E-state index < -0.39 is 0 Å². The molecule has 1 fully saturated rings. The van der Waals surface area contributed by atoms with Gasteiger partial charge in [0.25, 0.3) is 0 Å². The molecule has 0 radical (unpaired) electrons. The Labute approximate surface area is 96.6 Å². The van der Waals surface area contributed by atoms with Crippen molar-refractivity contribution < 1.29 is 0 Å². The summed E-state index contributed by atoms with van der Waals surface area (Å²) in [6.07, 6.45) is 6.84. The van der Waals surface area contributed by atoms with Crippen molar-refractivity contribution >= 4 is 0 Å². The molecule has 0 bridgehead atoms. The van der Waals surface area contributed by atoms with Crippen LogP contribution in [0, 0.1) is 5.41 Å². The summed E-state index contributed by atoms with van der Waals surface area (Å²) in [5.41, 5.74) is 0.473. The van der Waals surface area contributed by atoms with E-state index in [-0.39, 0.29) is 0 Å². The maximum Gasteiger partial charge on any atom is 0.188 e. The molecule has 90 valence electrons. The van der Waals surface area contributed by atoms with Crippen LogP contribution in [-0.4, -0.2) is 26.8 Å². The van der Waals surface area contributed by atoms with Crippen LogP contribution in [-0.2, 0) is 13.6 Å². The lowest BCUT2D eigenvalue weighted by atomic mass is 9.76. The number of nitrogens with one attached hydrogen (secondary N) is 1. The lowest BCUT2D eigenvalue weighted by Crippen LogP contribution is -2.33. The quantitative estimate of drug-likeness (QED) is 0.835. The van der Waals surface area contributed by atoms with Crippen molar-refractivity contribution in [1.29, 1.82) is 0 Å². The van der Waals surface area contributed by atoms with Crippen LogP contribution in [0.1, 0.15) is 44.9 Å². The standard InChI is InChI=1S/C11H21N5/c1-11(6-4-3-5-7-11)9-12-8-10-13-15-16(2)14-10/h12H,3-9H2,1-2H3. The molecule has 0 aromatic carbocycles. The molecule has 5 heteroatoms. The van der Waals surface area contributed by atoms with Gasteiger partial charge in [-0.05, 0) is 23.5 Å². The van der Waals surface area contributed by atoms with E-state index in [1.54, 1.807) is 7.05 Å². The molecular formula is C11H21N5. The van der Waals surface area contributed by atoms with Crippen LogP contribution in [0.2, 0.25) is 0 Å². The highest BCUT2D eigenvalue weighted by molar-refractivity contribution is 4.82. The van der Waals surface area contributed by atoms with Crippen molar-refractivity contribution in [2.24, 2.45) is 12.5 Å². The third-order valence-electron chi connectivity index (χ3n) is 3.45. The number of hydrogen-bond donors (Lipinski definition) is 1. The van der Waals surface area contributed by atoms with E-state index in [4.69, 9.17) is 0 Å². The van der Waals surface area contributed by atoms with E-state index in [1.165, 1.54) is 36.9 Å². The summed E-state index contributed by atoms with van der Waals surface area (Å²) in [6.45, 7) is 4.16. The molecule has 16 heavy (non-hydrogen) atoms. The molecule has 1 aliphatic rings. The smallest absolute Gasteiger partial charge is 0.188 e. The maximum absolute atomic E-state index is 4.15. The fourth-order valence-corrected chi connectivity index (χ4v) is 2.45. The number of rotatable bonds is 4. The molecule has 0 unspecified atom stereocenters. The summed E-state index contributed by atoms with van der Waals surface area (Å²) in [7, 11) is 1.79. The number of aryl methyl sites for hydroxylation is 1. The Morgan fingerprint density at radius 3 is 2.69 bits per heavy atom. The molecule has 1 aliphatic carbocycles. The van der Waals surface area contributed by atoms with Crippen LogP contribution < -0.4 is 5.32 Å². The van der Waals surface area contributed by atoms with Gasteiger partial charge in [0.05, 0.1) is 13.6 Å². The highest BCUT2D eigenvalue weighted by Crippen LogP contribution is 2.34. The Hall–Kier alpha value is -0.970. The molecule has 1 aromatic rings. The van der Waals surface area contributed by atoms with Gasteiger partial charge in [-0.1, -0.05) is 26.2 Å². The highest BCUT2D eigenvalue weighted by atomic mass is 15.6. The normalized spacial score (nSPS) is 19.9. The predicted molar refractivity (Wildman–Crippen MR) is 61.7 cm³/mol. The Balaban J connectivity index is 1.74. The van der Waals surface area contributed by atoms with Gasteiger partial charge in [0.2, 0.25) is 0 Å².